The SMILES string of the molecule is COc1cc(C)c2c(=O)c3c(OC(C)=O)c4ccccc4cc3oc2c1. The zero-order valence-electron chi connectivity index (χ0n) is 14.6. The maximum atomic E-state index is 13.3. The summed E-state index contributed by atoms with van der Waals surface area (Å²) in [5.74, 6) is 0.351. The van der Waals surface area contributed by atoms with Crippen molar-refractivity contribution in [2.75, 3.05) is 7.11 Å². The summed E-state index contributed by atoms with van der Waals surface area (Å²) in [6.45, 7) is 3.13. The first kappa shape index (κ1) is 16.1. The molecule has 3 aromatic carbocycles. The van der Waals surface area contributed by atoms with Gasteiger partial charge in [0.25, 0.3) is 0 Å². The van der Waals surface area contributed by atoms with Crippen molar-refractivity contribution in [3.8, 4) is 11.5 Å². The summed E-state index contributed by atoms with van der Waals surface area (Å²) in [7, 11) is 1.56. The number of benzene rings is 3. The number of rotatable bonds is 2. The molecule has 0 saturated heterocycles. The van der Waals surface area contributed by atoms with Gasteiger partial charge in [-0.15, -0.1) is 0 Å². The van der Waals surface area contributed by atoms with Crippen LogP contribution in [0.15, 0.2) is 51.7 Å². The van der Waals surface area contributed by atoms with E-state index in [2.05, 4.69) is 0 Å². The van der Waals surface area contributed by atoms with Crippen LogP contribution in [0.4, 0.5) is 0 Å². The van der Waals surface area contributed by atoms with Crippen molar-refractivity contribution in [3.63, 3.8) is 0 Å². The lowest BCUT2D eigenvalue weighted by Crippen LogP contribution is -2.09. The normalized spacial score (nSPS) is 11.2. The molecule has 0 saturated carbocycles. The molecule has 5 heteroatoms. The molecule has 0 unspecified atom stereocenters. The van der Waals surface area contributed by atoms with Crippen LogP contribution in [0.1, 0.15) is 12.5 Å². The van der Waals surface area contributed by atoms with Gasteiger partial charge in [-0.3, -0.25) is 9.59 Å². The smallest absolute Gasteiger partial charge is 0.308 e. The van der Waals surface area contributed by atoms with E-state index in [0.717, 1.165) is 10.9 Å². The van der Waals surface area contributed by atoms with Gasteiger partial charge in [-0.25, -0.2) is 0 Å². The van der Waals surface area contributed by atoms with E-state index in [9.17, 15) is 9.59 Å². The van der Waals surface area contributed by atoms with E-state index in [-0.39, 0.29) is 16.6 Å². The van der Waals surface area contributed by atoms with Crippen LogP contribution in [0.25, 0.3) is 32.7 Å². The van der Waals surface area contributed by atoms with E-state index < -0.39 is 5.97 Å². The highest BCUT2D eigenvalue weighted by Crippen LogP contribution is 2.36. The summed E-state index contributed by atoms with van der Waals surface area (Å²) in [5.41, 5.74) is 1.30. The molecule has 26 heavy (non-hydrogen) atoms. The molecule has 1 heterocycles. The largest absolute Gasteiger partial charge is 0.497 e. The fourth-order valence-corrected chi connectivity index (χ4v) is 3.29. The third kappa shape index (κ3) is 2.40. The Kier molecular flexibility index (Phi) is 3.65. The Morgan fingerprint density at radius 2 is 1.77 bits per heavy atom. The lowest BCUT2D eigenvalue weighted by molar-refractivity contribution is -0.131. The van der Waals surface area contributed by atoms with Crippen molar-refractivity contribution < 1.29 is 18.7 Å². The molecular weight excluding hydrogens is 332 g/mol. The lowest BCUT2D eigenvalue weighted by atomic mass is 10.0. The van der Waals surface area contributed by atoms with Gasteiger partial charge in [0.2, 0.25) is 5.43 Å². The van der Waals surface area contributed by atoms with Gasteiger partial charge in [-0.2, -0.15) is 0 Å². The van der Waals surface area contributed by atoms with E-state index in [1.807, 2.05) is 31.2 Å². The van der Waals surface area contributed by atoms with Crippen LogP contribution >= 0.6 is 0 Å². The Hall–Kier alpha value is -3.34. The van der Waals surface area contributed by atoms with Gasteiger partial charge in [-0.05, 0) is 30.0 Å². The monoisotopic (exact) mass is 348 g/mol. The molecule has 0 radical (unpaired) electrons. The van der Waals surface area contributed by atoms with Crippen LogP contribution in [0.2, 0.25) is 0 Å². The molecule has 130 valence electrons. The first-order valence-corrected chi connectivity index (χ1v) is 8.15. The number of fused-ring (bicyclic) bond motifs is 3. The average molecular weight is 348 g/mol. The molecular formula is C21H16O5. The van der Waals surface area contributed by atoms with Crippen LogP contribution in [-0.2, 0) is 4.79 Å². The number of carbonyl (C=O) groups is 1. The number of hydrogen-bond donors (Lipinski definition) is 0. The Labute approximate surface area is 148 Å². The zero-order valence-corrected chi connectivity index (χ0v) is 14.6. The average Bonchev–Trinajstić information content (AvgIpc) is 2.60. The number of methoxy groups -OCH3 is 1. The molecule has 0 N–H and O–H groups in total. The topological polar surface area (TPSA) is 65.7 Å². The van der Waals surface area contributed by atoms with E-state index in [1.54, 1.807) is 25.3 Å². The van der Waals surface area contributed by atoms with Gasteiger partial charge in [-0.1, -0.05) is 24.3 Å². The summed E-state index contributed by atoms with van der Waals surface area (Å²) in [6.07, 6.45) is 0. The summed E-state index contributed by atoms with van der Waals surface area (Å²) in [4.78, 5) is 24.9. The molecule has 4 aromatic rings. The second-order valence-electron chi connectivity index (χ2n) is 6.14. The van der Waals surface area contributed by atoms with Gasteiger partial charge >= 0.3 is 5.97 Å². The van der Waals surface area contributed by atoms with E-state index in [0.29, 0.717) is 27.7 Å². The van der Waals surface area contributed by atoms with Crippen LogP contribution in [0, 0.1) is 6.92 Å². The molecule has 0 aliphatic carbocycles. The standard InChI is InChI=1S/C21H16O5/c1-11-8-14(24-3)10-17-18(11)20(23)19-16(26-17)9-13-6-4-5-7-15(13)21(19)25-12(2)22/h4-10H,1-3H3. The molecule has 5 nitrogen and oxygen atoms in total. The Balaban J connectivity index is 2.25. The minimum atomic E-state index is -0.492. The minimum absolute atomic E-state index is 0.233. The second-order valence-corrected chi connectivity index (χ2v) is 6.14. The molecule has 0 bridgehead atoms. The quantitative estimate of drug-likeness (QED) is 0.306. The Bertz CT molecular complexity index is 1250. The number of aryl methyl sites for hydroxylation is 1. The van der Waals surface area contributed by atoms with E-state index >= 15 is 0 Å². The minimum Gasteiger partial charge on any atom is -0.497 e. The maximum Gasteiger partial charge on any atom is 0.308 e. The predicted molar refractivity (Wildman–Crippen MR) is 100 cm³/mol. The third-order valence-electron chi connectivity index (χ3n) is 4.39. The number of carbonyl (C=O) groups excluding carboxylic acids is 1. The van der Waals surface area contributed by atoms with Gasteiger partial charge in [0.15, 0.2) is 5.75 Å². The van der Waals surface area contributed by atoms with Crippen LogP contribution < -0.4 is 14.9 Å². The first-order chi connectivity index (χ1) is 12.5. The number of esters is 1. The highest BCUT2D eigenvalue weighted by Gasteiger charge is 2.19. The van der Waals surface area contributed by atoms with Gasteiger partial charge in [0.05, 0.1) is 12.5 Å². The van der Waals surface area contributed by atoms with Crippen molar-refractivity contribution >= 4 is 38.7 Å². The van der Waals surface area contributed by atoms with Crippen LogP contribution in [0.3, 0.4) is 0 Å². The second kappa shape index (κ2) is 5.88. The predicted octanol–water partition coefficient (Wildman–Crippen LogP) is 4.34. The van der Waals surface area contributed by atoms with Crippen LogP contribution in [-0.4, -0.2) is 13.1 Å². The summed E-state index contributed by atoms with van der Waals surface area (Å²) in [5, 5.41) is 2.22. The highest BCUT2D eigenvalue weighted by molar-refractivity contribution is 6.07. The molecule has 0 spiro atoms. The third-order valence-corrected chi connectivity index (χ3v) is 4.39. The molecule has 1 aromatic heterocycles. The molecule has 0 fully saturated rings. The molecule has 0 aliphatic heterocycles. The fourth-order valence-electron chi connectivity index (χ4n) is 3.29. The van der Waals surface area contributed by atoms with Crippen molar-refractivity contribution in [2.45, 2.75) is 13.8 Å². The van der Waals surface area contributed by atoms with Crippen molar-refractivity contribution in [3.05, 3.63) is 58.3 Å². The first-order valence-electron chi connectivity index (χ1n) is 8.15. The molecule has 4 rings (SSSR count). The number of hydrogen-bond acceptors (Lipinski definition) is 5. The van der Waals surface area contributed by atoms with Gasteiger partial charge in [0, 0.05) is 18.4 Å². The Morgan fingerprint density at radius 1 is 1.04 bits per heavy atom. The van der Waals surface area contributed by atoms with E-state index in [1.165, 1.54) is 6.92 Å². The fraction of sp³-hybridized carbons (Fsp3) is 0.143. The van der Waals surface area contributed by atoms with Gasteiger partial charge < -0.3 is 13.9 Å². The van der Waals surface area contributed by atoms with E-state index in [4.69, 9.17) is 13.9 Å². The Morgan fingerprint density at radius 3 is 2.50 bits per heavy atom. The summed E-state index contributed by atoms with van der Waals surface area (Å²) >= 11 is 0. The molecule has 0 atom stereocenters. The lowest BCUT2D eigenvalue weighted by Gasteiger charge is -2.12. The summed E-state index contributed by atoms with van der Waals surface area (Å²) in [6, 6.07) is 12.6. The number of ether oxygens (including phenoxy) is 2. The van der Waals surface area contributed by atoms with Crippen molar-refractivity contribution in [1.82, 2.24) is 0 Å². The van der Waals surface area contributed by atoms with Crippen LogP contribution in [0.5, 0.6) is 11.5 Å². The summed E-state index contributed by atoms with van der Waals surface area (Å²) < 4.78 is 16.7. The van der Waals surface area contributed by atoms with Gasteiger partial charge in [0.1, 0.15) is 22.3 Å². The molecule has 0 aliphatic rings. The zero-order chi connectivity index (χ0) is 18.4. The van der Waals surface area contributed by atoms with Crippen molar-refractivity contribution in [2.24, 2.45) is 0 Å². The molecule has 0 amide bonds. The highest BCUT2D eigenvalue weighted by atomic mass is 16.5. The maximum absolute atomic E-state index is 13.3. The van der Waals surface area contributed by atoms with Crippen molar-refractivity contribution in [1.29, 1.82) is 0 Å².